The van der Waals surface area contributed by atoms with Gasteiger partial charge in [-0.05, 0) is 218 Å². The molecule has 0 amide bonds. The summed E-state index contributed by atoms with van der Waals surface area (Å²) in [5.74, 6) is 7.52. The summed E-state index contributed by atoms with van der Waals surface area (Å²) in [5, 5.41) is 35.5. The van der Waals surface area contributed by atoms with Gasteiger partial charge >= 0.3 is 0 Å². The number of anilines is 6. The highest BCUT2D eigenvalue weighted by Crippen LogP contribution is 2.34. The lowest BCUT2D eigenvalue weighted by atomic mass is 9.93. The number of nitrogens with zero attached hydrogens (tertiary/aromatic N) is 21. The maximum absolute atomic E-state index is 6.03. The van der Waals surface area contributed by atoms with E-state index >= 15 is 0 Å². The summed E-state index contributed by atoms with van der Waals surface area (Å²) < 4.78 is 15.2. The molecule has 3 aliphatic rings. The van der Waals surface area contributed by atoms with E-state index in [1.54, 1.807) is 46.2 Å². The number of imidazole rings is 2. The van der Waals surface area contributed by atoms with Gasteiger partial charge in [0.15, 0.2) is 28.2 Å². The summed E-state index contributed by atoms with van der Waals surface area (Å²) in [5.41, 5.74) is 35.5. The van der Waals surface area contributed by atoms with E-state index in [4.69, 9.17) is 37.1 Å². The van der Waals surface area contributed by atoms with Gasteiger partial charge in [0, 0.05) is 117 Å². The molecule has 17 aromatic rings. The number of aryl methyl sites for hydroxylation is 2. The molecular formula is C83H86Br5N29. The number of pyridine rings is 1. The standard InChI is InChI=1S/2C21H17BrN6.C18H22BrN7.C12H16BrN5.C11H14BrN5/c1-27-13-24-18-9-14(7-8-19(18)27)11-23-20-10-17(15-5-3-2-4-6-15)26-21-16(22)12-25-28(20)21;1-13-25-17-8-7-14(9-19(17)26-13)11-23-20-10-18(15-5-3-2-4-6-15)27-21-16(22)12-24-28(20)21;19-15-12-23-26-16(22-11-14-2-1-5-21-10-14)8-17(24-18(15)26)25-6-3-13(9-20)4-7-25;1-17-4-2-8(3-5-17)10-6-11(14)18-12(16-10)9(13)7-15-18;12-8-6-15-17-10(13)5-9(16-11(8)17)7-1-3-14-4-2-7/h2-10,12-13,23H,11H2,1H3;2-10,12,23H,11H2,1H3,(H,25,26);1-2,5,8,10,12-13,22H,3-4,6-7,9,11,20H2;6-8H,2-5,14H2,1H3;5-7,14H,1-4,13H2. The fourth-order valence-corrected chi connectivity index (χ4v) is 16.5. The van der Waals surface area contributed by atoms with Crippen molar-refractivity contribution in [3.63, 3.8) is 0 Å². The lowest BCUT2D eigenvalue weighted by molar-refractivity contribution is 0.253. The molecule has 13 aromatic heterocycles. The highest BCUT2D eigenvalue weighted by molar-refractivity contribution is 9.11. The Morgan fingerprint density at radius 3 is 1.48 bits per heavy atom. The van der Waals surface area contributed by atoms with E-state index in [-0.39, 0.29) is 0 Å². The van der Waals surface area contributed by atoms with Crippen molar-refractivity contribution < 1.29 is 0 Å². The van der Waals surface area contributed by atoms with Gasteiger partial charge in [-0.2, -0.15) is 48.1 Å². The second-order valence-electron chi connectivity index (χ2n) is 29.2. The number of nitrogens with one attached hydrogen (secondary N) is 5. The molecular weight excluding hydrogens is 1800 g/mol. The van der Waals surface area contributed by atoms with Crippen LogP contribution in [0.5, 0.6) is 0 Å². The molecule has 598 valence electrons. The van der Waals surface area contributed by atoms with Gasteiger partial charge < -0.3 is 57.8 Å². The zero-order chi connectivity index (χ0) is 80.6. The Hall–Kier alpha value is -10.9. The van der Waals surface area contributed by atoms with Crippen molar-refractivity contribution in [2.75, 3.05) is 85.2 Å². The summed E-state index contributed by atoms with van der Waals surface area (Å²) in [4.78, 5) is 44.8. The van der Waals surface area contributed by atoms with E-state index in [9.17, 15) is 0 Å². The Balaban J connectivity index is 0.000000111. The highest BCUT2D eigenvalue weighted by Gasteiger charge is 2.25. The number of nitrogens with two attached hydrogens (primary N) is 3. The molecule has 0 aliphatic carbocycles. The van der Waals surface area contributed by atoms with E-state index < -0.39 is 0 Å². The molecule has 3 aliphatic heterocycles. The molecule has 16 heterocycles. The van der Waals surface area contributed by atoms with Crippen molar-refractivity contribution in [2.45, 2.75) is 76.9 Å². The van der Waals surface area contributed by atoms with Crippen molar-refractivity contribution in [3.8, 4) is 22.5 Å². The predicted octanol–water partition coefficient (Wildman–Crippen LogP) is 15.7. The van der Waals surface area contributed by atoms with Crippen LogP contribution in [0, 0.1) is 12.8 Å². The molecule has 11 N–H and O–H groups in total. The van der Waals surface area contributed by atoms with Crippen LogP contribution in [0.15, 0.2) is 212 Å². The maximum Gasteiger partial charge on any atom is 0.173 e. The average molecular weight is 1890 g/mol. The number of hydrogen-bond acceptors (Lipinski definition) is 22. The van der Waals surface area contributed by atoms with Gasteiger partial charge in [0.1, 0.15) is 40.7 Å². The van der Waals surface area contributed by atoms with Crippen molar-refractivity contribution >= 4 is 165 Å². The van der Waals surface area contributed by atoms with Crippen molar-refractivity contribution in [2.24, 2.45) is 18.7 Å². The number of piperidine rings is 3. The molecule has 34 heteroatoms. The van der Waals surface area contributed by atoms with Gasteiger partial charge in [0.2, 0.25) is 0 Å². The quantitative estimate of drug-likeness (QED) is 0.0472. The van der Waals surface area contributed by atoms with Crippen LogP contribution in [0.3, 0.4) is 0 Å². The minimum Gasteiger partial charge on any atom is -0.384 e. The number of hydrogen-bond donors (Lipinski definition) is 8. The zero-order valence-corrected chi connectivity index (χ0v) is 72.4. The summed E-state index contributed by atoms with van der Waals surface area (Å²) in [7, 11) is 4.16. The van der Waals surface area contributed by atoms with Crippen molar-refractivity contribution in [3.05, 3.63) is 245 Å². The van der Waals surface area contributed by atoms with Crippen LogP contribution < -0.4 is 43.4 Å². The molecule has 117 heavy (non-hydrogen) atoms. The first-order chi connectivity index (χ1) is 57.0. The number of fused-ring (bicyclic) bond motifs is 7. The molecule has 4 aromatic carbocycles. The third-order valence-corrected chi connectivity index (χ3v) is 23.9. The molecule has 20 rings (SSSR count). The Morgan fingerprint density at radius 2 is 0.949 bits per heavy atom. The van der Waals surface area contributed by atoms with E-state index in [1.165, 1.54) is 0 Å². The van der Waals surface area contributed by atoms with Crippen LogP contribution >= 0.6 is 79.6 Å². The molecule has 0 atom stereocenters. The number of aromatic amines is 1. The topological polar surface area (TPSA) is 343 Å². The monoisotopic (exact) mass is 1880 g/mol. The number of likely N-dealkylation sites (tertiary alicyclic amines) is 1. The van der Waals surface area contributed by atoms with Crippen molar-refractivity contribution in [1.29, 1.82) is 0 Å². The first-order valence-electron chi connectivity index (χ1n) is 38.6. The summed E-state index contributed by atoms with van der Waals surface area (Å²) in [6, 6.07) is 46.9. The van der Waals surface area contributed by atoms with E-state index in [0.29, 0.717) is 49.0 Å². The van der Waals surface area contributed by atoms with Crippen molar-refractivity contribution in [1.82, 2.24) is 108 Å². The van der Waals surface area contributed by atoms with Gasteiger partial charge in [-0.15, -0.1) is 0 Å². The molecule has 0 spiro atoms. The zero-order valence-electron chi connectivity index (χ0n) is 64.5. The molecule has 0 unspecified atom stereocenters. The van der Waals surface area contributed by atoms with Crippen LogP contribution in [0.2, 0.25) is 0 Å². The highest BCUT2D eigenvalue weighted by atomic mass is 79.9. The minimum absolute atomic E-state index is 0.505. The lowest BCUT2D eigenvalue weighted by Gasteiger charge is -2.32. The second-order valence-corrected chi connectivity index (χ2v) is 33.5. The van der Waals surface area contributed by atoms with Crippen LogP contribution in [-0.2, 0) is 26.7 Å². The van der Waals surface area contributed by atoms with E-state index in [0.717, 1.165) is 237 Å². The molecule has 29 nitrogen and oxygen atoms in total. The van der Waals surface area contributed by atoms with Crippen LogP contribution in [-0.4, -0.2) is 155 Å². The first-order valence-corrected chi connectivity index (χ1v) is 42.6. The minimum atomic E-state index is 0.505. The van der Waals surface area contributed by atoms with Gasteiger partial charge in [0.25, 0.3) is 0 Å². The van der Waals surface area contributed by atoms with E-state index in [2.05, 4.69) is 235 Å². The number of rotatable bonds is 15. The van der Waals surface area contributed by atoms with Gasteiger partial charge in [-0.3, -0.25) is 4.98 Å². The number of nitrogen functional groups attached to an aromatic ring is 2. The first kappa shape index (κ1) is 80.0. The predicted molar refractivity (Wildman–Crippen MR) is 479 cm³/mol. The van der Waals surface area contributed by atoms with Crippen LogP contribution in [0.25, 0.3) is 72.8 Å². The van der Waals surface area contributed by atoms with Gasteiger partial charge in [0.05, 0.1) is 93.1 Å². The van der Waals surface area contributed by atoms with Crippen LogP contribution in [0.4, 0.5) is 34.9 Å². The second kappa shape index (κ2) is 36.3. The summed E-state index contributed by atoms with van der Waals surface area (Å²) in [6.07, 6.45) is 21.0. The summed E-state index contributed by atoms with van der Waals surface area (Å²) >= 11 is 17.6. The number of halogens is 5. The number of benzene rings is 4. The number of H-pyrrole nitrogens is 1. The Bertz CT molecular complexity index is 6140. The Kier molecular flexibility index (Phi) is 24.8. The third-order valence-electron chi connectivity index (χ3n) is 21.1. The molecule has 0 saturated carbocycles. The molecule has 0 bridgehead atoms. The third kappa shape index (κ3) is 18.5. The largest absolute Gasteiger partial charge is 0.384 e. The average Bonchev–Trinajstić information content (AvgIpc) is 1.70. The molecule has 3 fully saturated rings. The maximum atomic E-state index is 6.03. The Morgan fingerprint density at radius 1 is 0.462 bits per heavy atom. The van der Waals surface area contributed by atoms with Crippen LogP contribution in [0.1, 0.15) is 84.3 Å². The van der Waals surface area contributed by atoms with Gasteiger partial charge in [-0.1, -0.05) is 78.9 Å². The number of aromatic nitrogens is 20. The van der Waals surface area contributed by atoms with E-state index in [1.807, 2.05) is 117 Å². The lowest BCUT2D eigenvalue weighted by Crippen LogP contribution is -2.36. The Labute approximate surface area is 715 Å². The fraction of sp³-hybridized carbons (Fsp3) is 0.265. The normalized spacial score (nSPS) is 14.3. The molecule has 3 saturated heterocycles. The smallest absolute Gasteiger partial charge is 0.173 e. The SMILES string of the molecule is CN1CCC(c2cc(N)n3ncc(Br)c3n2)CC1.Cc1nc2ccc(CNc3cc(-c4ccccc4)nc4c(Br)cnn34)cc2[nH]1.Cn1cnc2cc(CNc3cc(-c4ccccc4)nc4c(Br)cnn34)ccc21.NCC1CCN(c2cc(NCc3cccnc3)n3ncc(Br)c3n2)CC1.Nc1cc(C2CCNCC2)nc2c(Br)cnn12. The molecule has 0 radical (unpaired) electrons. The van der Waals surface area contributed by atoms with Gasteiger partial charge in [-0.25, -0.2) is 34.9 Å². The summed E-state index contributed by atoms with van der Waals surface area (Å²) in [6.45, 7) is 11.1. The fourth-order valence-electron chi connectivity index (χ4n) is 14.7.